The van der Waals surface area contributed by atoms with Gasteiger partial charge in [-0.15, -0.1) is 0 Å². The normalized spacial score (nSPS) is 16.9. The van der Waals surface area contributed by atoms with Crippen LogP contribution < -0.4 is 10.1 Å². The number of hydrogen-bond donors (Lipinski definition) is 1. The lowest BCUT2D eigenvalue weighted by Crippen LogP contribution is -2.69. The molecule has 5 rings (SSSR count). The highest BCUT2D eigenvalue weighted by Crippen LogP contribution is 2.39. The number of carbonyl (C=O) groups is 2. The van der Waals surface area contributed by atoms with E-state index in [1.54, 1.807) is 4.90 Å². The third-order valence-corrected chi connectivity index (χ3v) is 6.05. The Kier molecular flexibility index (Phi) is 4.25. The number of amides is 2. The van der Waals surface area contributed by atoms with E-state index < -0.39 is 11.4 Å². The van der Waals surface area contributed by atoms with E-state index in [2.05, 4.69) is 5.32 Å². The molecule has 1 fully saturated rings. The van der Waals surface area contributed by atoms with E-state index in [9.17, 15) is 14.0 Å². The van der Waals surface area contributed by atoms with Gasteiger partial charge in [-0.05, 0) is 35.9 Å². The number of rotatable bonds is 2. The van der Waals surface area contributed by atoms with E-state index in [1.165, 1.54) is 18.2 Å². The van der Waals surface area contributed by atoms with Crippen LogP contribution in [0.3, 0.4) is 0 Å². The Morgan fingerprint density at radius 3 is 2.87 bits per heavy atom. The molecule has 3 aromatic rings. The van der Waals surface area contributed by atoms with Gasteiger partial charge in [0.1, 0.15) is 11.6 Å². The van der Waals surface area contributed by atoms with Crippen LogP contribution in [-0.2, 0) is 13.6 Å². The van der Waals surface area contributed by atoms with Crippen molar-refractivity contribution in [3.8, 4) is 5.75 Å². The maximum atomic E-state index is 13.4. The third-order valence-electron chi connectivity index (χ3n) is 5.75. The second kappa shape index (κ2) is 6.74. The molecule has 2 aliphatic heterocycles. The number of aryl methyl sites for hydroxylation is 1. The summed E-state index contributed by atoms with van der Waals surface area (Å²) in [4.78, 5) is 26.5. The zero-order valence-electron chi connectivity index (χ0n) is 16.2. The monoisotopic (exact) mass is 427 g/mol. The lowest BCUT2D eigenvalue weighted by molar-refractivity contribution is -0.0597. The Bertz CT molecular complexity index is 1200. The van der Waals surface area contributed by atoms with Gasteiger partial charge in [0.25, 0.3) is 0 Å². The first kappa shape index (κ1) is 18.9. The highest BCUT2D eigenvalue weighted by molar-refractivity contribution is 6.35. The SMILES string of the molecule is Cn1cc(Cl)c2cc(CNC(=O)N3CC4(CC(=O)c5cc(F)ccc5O4)C3)ccc21. The van der Waals surface area contributed by atoms with Crippen molar-refractivity contribution in [2.45, 2.75) is 18.6 Å². The van der Waals surface area contributed by atoms with Crippen LogP contribution in [0, 0.1) is 5.82 Å². The van der Waals surface area contributed by atoms with Gasteiger partial charge in [0.15, 0.2) is 11.4 Å². The number of nitrogens with one attached hydrogen (secondary N) is 1. The van der Waals surface area contributed by atoms with E-state index in [1.807, 2.05) is 36.0 Å². The maximum Gasteiger partial charge on any atom is 0.317 e. The van der Waals surface area contributed by atoms with Crippen LogP contribution in [0.25, 0.3) is 10.9 Å². The van der Waals surface area contributed by atoms with Crippen molar-refractivity contribution in [3.63, 3.8) is 0 Å². The molecule has 3 heterocycles. The van der Waals surface area contributed by atoms with Crippen LogP contribution in [-0.4, -0.2) is 40.0 Å². The minimum atomic E-state index is -0.726. The molecule has 2 aliphatic rings. The first-order valence-electron chi connectivity index (χ1n) is 9.62. The minimum Gasteiger partial charge on any atom is -0.482 e. The average molecular weight is 428 g/mol. The van der Waals surface area contributed by atoms with E-state index in [4.69, 9.17) is 16.3 Å². The number of aromatic nitrogens is 1. The Hall–Kier alpha value is -3.06. The summed E-state index contributed by atoms with van der Waals surface area (Å²) in [7, 11) is 1.93. The van der Waals surface area contributed by atoms with Gasteiger partial charge in [-0.2, -0.15) is 0 Å². The van der Waals surface area contributed by atoms with Gasteiger partial charge in [-0.25, -0.2) is 9.18 Å². The molecule has 1 spiro atoms. The molecule has 1 N–H and O–H groups in total. The van der Waals surface area contributed by atoms with Crippen molar-refractivity contribution in [1.29, 1.82) is 0 Å². The molecule has 0 radical (unpaired) electrons. The van der Waals surface area contributed by atoms with E-state index in [0.717, 1.165) is 16.5 Å². The number of ether oxygens (including phenoxy) is 1. The van der Waals surface area contributed by atoms with Crippen molar-refractivity contribution in [1.82, 2.24) is 14.8 Å². The predicted octanol–water partition coefficient (Wildman–Crippen LogP) is 3.90. The fourth-order valence-electron chi connectivity index (χ4n) is 4.23. The predicted molar refractivity (Wildman–Crippen MR) is 110 cm³/mol. The molecule has 30 heavy (non-hydrogen) atoms. The van der Waals surface area contributed by atoms with Gasteiger partial charge in [0, 0.05) is 30.7 Å². The van der Waals surface area contributed by atoms with Gasteiger partial charge < -0.3 is 19.5 Å². The quantitative estimate of drug-likeness (QED) is 0.674. The Balaban J connectivity index is 1.22. The van der Waals surface area contributed by atoms with Gasteiger partial charge in [0.2, 0.25) is 0 Å². The lowest BCUT2D eigenvalue weighted by atomic mass is 9.84. The van der Waals surface area contributed by atoms with Gasteiger partial charge in [0.05, 0.1) is 30.1 Å². The number of urea groups is 1. The first-order valence-corrected chi connectivity index (χ1v) is 9.99. The number of fused-ring (bicyclic) bond motifs is 2. The Morgan fingerprint density at radius 2 is 2.07 bits per heavy atom. The van der Waals surface area contributed by atoms with Crippen molar-refractivity contribution >= 4 is 34.3 Å². The Labute approximate surface area is 177 Å². The summed E-state index contributed by atoms with van der Waals surface area (Å²) < 4.78 is 21.3. The molecule has 8 heteroatoms. The van der Waals surface area contributed by atoms with Gasteiger partial charge in [-0.1, -0.05) is 17.7 Å². The van der Waals surface area contributed by atoms with Gasteiger partial charge >= 0.3 is 6.03 Å². The summed E-state index contributed by atoms with van der Waals surface area (Å²) in [6, 6.07) is 9.61. The summed E-state index contributed by atoms with van der Waals surface area (Å²) in [5.74, 6) is -0.254. The smallest absolute Gasteiger partial charge is 0.317 e. The highest BCUT2D eigenvalue weighted by atomic mass is 35.5. The molecular formula is C22H19ClFN3O3. The fraction of sp³-hybridized carbons (Fsp3) is 0.273. The summed E-state index contributed by atoms with van der Waals surface area (Å²) in [5.41, 5.74) is 1.51. The number of carbonyl (C=O) groups excluding carboxylic acids is 2. The molecule has 2 amide bonds. The number of benzene rings is 2. The van der Waals surface area contributed by atoms with Crippen molar-refractivity contribution in [2.24, 2.45) is 7.05 Å². The molecule has 0 aliphatic carbocycles. The zero-order valence-corrected chi connectivity index (χ0v) is 17.0. The largest absolute Gasteiger partial charge is 0.482 e. The summed E-state index contributed by atoms with van der Waals surface area (Å²) in [6.45, 7) is 0.987. The second-order valence-corrected chi connectivity index (χ2v) is 8.39. The Morgan fingerprint density at radius 1 is 1.27 bits per heavy atom. The molecule has 1 saturated heterocycles. The van der Waals surface area contributed by atoms with E-state index >= 15 is 0 Å². The number of Topliss-reactive ketones (excluding diaryl/α,β-unsaturated/α-hetero) is 1. The van der Waals surface area contributed by atoms with Crippen molar-refractivity contribution in [2.75, 3.05) is 13.1 Å². The average Bonchev–Trinajstić information content (AvgIpc) is 2.98. The molecule has 0 saturated carbocycles. The lowest BCUT2D eigenvalue weighted by Gasteiger charge is -2.50. The molecule has 2 aromatic carbocycles. The summed E-state index contributed by atoms with van der Waals surface area (Å²) >= 11 is 6.25. The number of likely N-dealkylation sites (tertiary alicyclic amines) is 1. The molecule has 0 atom stereocenters. The third kappa shape index (κ3) is 3.10. The van der Waals surface area contributed by atoms with Crippen molar-refractivity contribution < 1.29 is 18.7 Å². The van der Waals surface area contributed by atoms with Crippen LogP contribution in [0.5, 0.6) is 5.75 Å². The summed E-state index contributed by atoms with van der Waals surface area (Å²) in [6.07, 6.45) is 1.99. The number of ketones is 1. The van der Waals surface area contributed by atoms with Crippen LogP contribution in [0.15, 0.2) is 42.6 Å². The van der Waals surface area contributed by atoms with Crippen molar-refractivity contribution in [3.05, 3.63) is 64.6 Å². The van der Waals surface area contributed by atoms with Crippen LogP contribution >= 0.6 is 11.6 Å². The molecular weight excluding hydrogens is 409 g/mol. The number of hydrogen-bond acceptors (Lipinski definition) is 3. The van der Waals surface area contributed by atoms with E-state index in [0.29, 0.717) is 30.4 Å². The number of nitrogens with zero attached hydrogens (tertiary/aromatic N) is 2. The highest BCUT2D eigenvalue weighted by Gasteiger charge is 2.51. The molecule has 0 unspecified atom stereocenters. The zero-order chi connectivity index (χ0) is 21.0. The standard InChI is InChI=1S/C22H19ClFN3O3/c1-26-10-17(23)15-6-13(2-4-18(15)26)9-25-21(29)27-11-22(12-27)8-19(28)16-7-14(24)3-5-20(16)30-22/h2-7,10H,8-9,11-12H2,1H3,(H,25,29). The molecule has 154 valence electrons. The van der Waals surface area contributed by atoms with Crippen LogP contribution in [0.2, 0.25) is 5.02 Å². The topological polar surface area (TPSA) is 63.6 Å². The van der Waals surface area contributed by atoms with E-state index in [-0.39, 0.29) is 23.8 Å². The van der Waals surface area contributed by atoms with Crippen LogP contribution in [0.4, 0.5) is 9.18 Å². The summed E-state index contributed by atoms with van der Waals surface area (Å²) in [5, 5.41) is 4.51. The first-order chi connectivity index (χ1) is 14.3. The van der Waals surface area contributed by atoms with Crippen LogP contribution in [0.1, 0.15) is 22.3 Å². The van der Waals surface area contributed by atoms with Gasteiger partial charge in [-0.3, -0.25) is 4.79 Å². The molecule has 0 bridgehead atoms. The second-order valence-electron chi connectivity index (χ2n) is 7.98. The fourth-order valence-corrected chi connectivity index (χ4v) is 4.52. The number of halogens is 2. The minimum absolute atomic E-state index is 0.135. The molecule has 1 aromatic heterocycles. The molecule has 6 nitrogen and oxygen atoms in total. The maximum absolute atomic E-state index is 13.4.